The number of rotatable bonds is 5. The van der Waals surface area contributed by atoms with Crippen LogP contribution in [0, 0.1) is 0 Å². The average Bonchev–Trinajstić information content (AvgIpc) is 2.47. The Bertz CT molecular complexity index is 581. The van der Waals surface area contributed by atoms with Crippen LogP contribution in [0.25, 0.3) is 0 Å². The zero-order chi connectivity index (χ0) is 13.7. The molecule has 2 rings (SSSR count). The van der Waals surface area contributed by atoms with Crippen LogP contribution in [0.4, 0.5) is 0 Å². The number of ketones is 1. The van der Waals surface area contributed by atoms with Crippen molar-refractivity contribution < 1.29 is 14.3 Å². The zero-order valence-corrected chi connectivity index (χ0v) is 10.9. The molecule has 0 spiro atoms. The first-order chi connectivity index (χ1) is 9.26. The van der Waals surface area contributed by atoms with E-state index >= 15 is 0 Å². The van der Waals surface area contributed by atoms with Crippen molar-refractivity contribution in [1.29, 1.82) is 0 Å². The molecule has 0 fully saturated rings. The van der Waals surface area contributed by atoms with Gasteiger partial charge in [0.05, 0.1) is 13.7 Å². The van der Waals surface area contributed by atoms with Crippen molar-refractivity contribution in [2.24, 2.45) is 0 Å². The van der Waals surface area contributed by atoms with Gasteiger partial charge in [-0.1, -0.05) is 12.1 Å². The number of methoxy groups -OCH3 is 1. The van der Waals surface area contributed by atoms with Crippen LogP contribution in [-0.4, -0.2) is 24.5 Å². The Balaban J connectivity index is 2.35. The van der Waals surface area contributed by atoms with Gasteiger partial charge in [-0.05, 0) is 31.2 Å². The van der Waals surface area contributed by atoms with E-state index in [0.29, 0.717) is 29.4 Å². The third kappa shape index (κ3) is 2.91. The van der Waals surface area contributed by atoms with E-state index in [1.807, 2.05) is 13.0 Å². The van der Waals surface area contributed by atoms with Crippen molar-refractivity contribution in [3.05, 3.63) is 53.9 Å². The maximum atomic E-state index is 12.4. The van der Waals surface area contributed by atoms with Crippen LogP contribution in [0.3, 0.4) is 0 Å². The first-order valence-electron chi connectivity index (χ1n) is 6.02. The molecule has 0 aliphatic rings. The summed E-state index contributed by atoms with van der Waals surface area (Å²) in [5.74, 6) is 0.955. The second-order valence-electron chi connectivity index (χ2n) is 3.84. The minimum Gasteiger partial charge on any atom is -0.494 e. The van der Waals surface area contributed by atoms with Gasteiger partial charge in [-0.15, -0.1) is 0 Å². The topological polar surface area (TPSA) is 48.4 Å². The number of benzene rings is 1. The predicted octanol–water partition coefficient (Wildman–Crippen LogP) is 2.72. The molecule has 2 aromatic rings. The standard InChI is InChI=1S/C15H15NO3/c1-3-19-12-7-4-6-11(10-12)15(17)14-13(18-2)8-5-9-16-14/h4-10H,3H2,1-2H3. The second kappa shape index (κ2) is 6.00. The first-order valence-corrected chi connectivity index (χ1v) is 6.02. The Morgan fingerprint density at radius 2 is 2.11 bits per heavy atom. The fourth-order valence-corrected chi connectivity index (χ4v) is 1.76. The lowest BCUT2D eigenvalue weighted by atomic mass is 10.1. The molecule has 4 nitrogen and oxygen atoms in total. The minimum atomic E-state index is -0.181. The summed E-state index contributed by atoms with van der Waals surface area (Å²) < 4.78 is 10.5. The second-order valence-corrected chi connectivity index (χ2v) is 3.84. The van der Waals surface area contributed by atoms with Crippen LogP contribution in [0.2, 0.25) is 0 Å². The molecular formula is C15H15NO3. The minimum absolute atomic E-state index is 0.181. The fourth-order valence-electron chi connectivity index (χ4n) is 1.76. The Morgan fingerprint density at radius 3 is 2.84 bits per heavy atom. The summed E-state index contributed by atoms with van der Waals surface area (Å²) in [6.45, 7) is 2.46. The number of carbonyl (C=O) groups excluding carboxylic acids is 1. The van der Waals surface area contributed by atoms with Crippen LogP contribution in [-0.2, 0) is 0 Å². The van der Waals surface area contributed by atoms with Crippen LogP contribution in [0.5, 0.6) is 11.5 Å². The monoisotopic (exact) mass is 257 g/mol. The molecule has 0 saturated heterocycles. The quantitative estimate of drug-likeness (QED) is 0.773. The SMILES string of the molecule is CCOc1cccc(C(=O)c2ncccc2OC)c1. The van der Waals surface area contributed by atoms with Gasteiger partial charge < -0.3 is 9.47 Å². The summed E-state index contributed by atoms with van der Waals surface area (Å²) in [5.41, 5.74) is 0.835. The zero-order valence-electron chi connectivity index (χ0n) is 10.9. The molecular weight excluding hydrogens is 242 g/mol. The summed E-state index contributed by atoms with van der Waals surface area (Å²) in [5, 5.41) is 0. The van der Waals surface area contributed by atoms with Crippen LogP contribution in [0.15, 0.2) is 42.6 Å². The van der Waals surface area contributed by atoms with E-state index in [-0.39, 0.29) is 5.78 Å². The largest absolute Gasteiger partial charge is 0.494 e. The number of ether oxygens (including phenoxy) is 2. The Labute approximate surface area is 112 Å². The van der Waals surface area contributed by atoms with E-state index in [0.717, 1.165) is 0 Å². The summed E-state index contributed by atoms with van der Waals surface area (Å²) >= 11 is 0. The molecule has 0 radical (unpaired) electrons. The van der Waals surface area contributed by atoms with Crippen LogP contribution >= 0.6 is 0 Å². The molecule has 0 unspecified atom stereocenters. The van der Waals surface area contributed by atoms with Gasteiger partial charge in [-0.2, -0.15) is 0 Å². The van der Waals surface area contributed by atoms with Gasteiger partial charge in [-0.25, -0.2) is 4.98 Å². The highest BCUT2D eigenvalue weighted by Crippen LogP contribution is 2.21. The Hall–Kier alpha value is -2.36. The van der Waals surface area contributed by atoms with E-state index < -0.39 is 0 Å². The van der Waals surface area contributed by atoms with E-state index in [2.05, 4.69) is 4.98 Å². The molecule has 19 heavy (non-hydrogen) atoms. The van der Waals surface area contributed by atoms with Crippen LogP contribution in [0.1, 0.15) is 23.0 Å². The van der Waals surface area contributed by atoms with Crippen molar-refractivity contribution in [1.82, 2.24) is 4.98 Å². The van der Waals surface area contributed by atoms with Crippen LogP contribution < -0.4 is 9.47 Å². The van der Waals surface area contributed by atoms with Crippen molar-refractivity contribution >= 4 is 5.78 Å². The lowest BCUT2D eigenvalue weighted by Crippen LogP contribution is -2.06. The van der Waals surface area contributed by atoms with E-state index in [1.165, 1.54) is 7.11 Å². The van der Waals surface area contributed by atoms with Gasteiger partial charge >= 0.3 is 0 Å². The molecule has 0 aliphatic heterocycles. The lowest BCUT2D eigenvalue weighted by Gasteiger charge is -2.07. The molecule has 0 saturated carbocycles. The molecule has 0 amide bonds. The summed E-state index contributed by atoms with van der Waals surface area (Å²) in [6, 6.07) is 10.5. The third-order valence-corrected chi connectivity index (χ3v) is 2.61. The third-order valence-electron chi connectivity index (χ3n) is 2.61. The van der Waals surface area contributed by atoms with Gasteiger partial charge in [0.2, 0.25) is 5.78 Å². The van der Waals surface area contributed by atoms with Gasteiger partial charge in [0.15, 0.2) is 5.69 Å². The van der Waals surface area contributed by atoms with E-state index in [4.69, 9.17) is 9.47 Å². The summed E-state index contributed by atoms with van der Waals surface area (Å²) in [4.78, 5) is 16.5. The molecule has 0 aliphatic carbocycles. The average molecular weight is 257 g/mol. The smallest absolute Gasteiger partial charge is 0.215 e. The highest BCUT2D eigenvalue weighted by Gasteiger charge is 2.16. The van der Waals surface area contributed by atoms with E-state index in [9.17, 15) is 4.79 Å². The Kier molecular flexibility index (Phi) is 4.13. The molecule has 4 heteroatoms. The van der Waals surface area contributed by atoms with E-state index in [1.54, 1.807) is 36.5 Å². The van der Waals surface area contributed by atoms with Crippen molar-refractivity contribution in [3.8, 4) is 11.5 Å². The normalized spacial score (nSPS) is 10.0. The summed E-state index contributed by atoms with van der Waals surface area (Å²) in [7, 11) is 1.52. The van der Waals surface area contributed by atoms with Gasteiger partial charge in [0.25, 0.3) is 0 Å². The number of nitrogens with zero attached hydrogens (tertiary/aromatic N) is 1. The summed E-state index contributed by atoms with van der Waals surface area (Å²) in [6.07, 6.45) is 1.57. The molecule has 0 bridgehead atoms. The number of hydrogen-bond donors (Lipinski definition) is 0. The lowest BCUT2D eigenvalue weighted by molar-refractivity contribution is 0.103. The number of aromatic nitrogens is 1. The van der Waals surface area contributed by atoms with Gasteiger partial charge in [0, 0.05) is 11.8 Å². The van der Waals surface area contributed by atoms with Crippen molar-refractivity contribution in [3.63, 3.8) is 0 Å². The molecule has 1 heterocycles. The molecule has 1 aromatic carbocycles. The fraction of sp³-hybridized carbons (Fsp3) is 0.200. The van der Waals surface area contributed by atoms with Gasteiger partial charge in [-0.3, -0.25) is 4.79 Å². The highest BCUT2D eigenvalue weighted by atomic mass is 16.5. The van der Waals surface area contributed by atoms with Crippen molar-refractivity contribution in [2.75, 3.05) is 13.7 Å². The molecule has 0 N–H and O–H groups in total. The maximum Gasteiger partial charge on any atom is 0.215 e. The van der Waals surface area contributed by atoms with Gasteiger partial charge in [0.1, 0.15) is 11.5 Å². The predicted molar refractivity (Wildman–Crippen MR) is 71.8 cm³/mol. The molecule has 0 atom stereocenters. The Morgan fingerprint density at radius 1 is 1.26 bits per heavy atom. The van der Waals surface area contributed by atoms with Crippen molar-refractivity contribution in [2.45, 2.75) is 6.92 Å². The first kappa shape index (κ1) is 13.1. The highest BCUT2D eigenvalue weighted by molar-refractivity contribution is 6.09. The molecule has 1 aromatic heterocycles. The number of pyridine rings is 1. The maximum absolute atomic E-state index is 12.4. The number of hydrogen-bond acceptors (Lipinski definition) is 4. The number of carbonyl (C=O) groups is 1. The molecule has 98 valence electrons.